The summed E-state index contributed by atoms with van der Waals surface area (Å²) in [7, 11) is 0. The lowest BCUT2D eigenvalue weighted by Crippen LogP contribution is -2.26. The Balaban J connectivity index is 0.000000293. The molecular formula is C9H13F3N2O2. The second-order valence-electron chi connectivity index (χ2n) is 3.56. The second-order valence-corrected chi connectivity index (χ2v) is 3.56. The van der Waals surface area contributed by atoms with E-state index in [1.54, 1.807) is 0 Å². The van der Waals surface area contributed by atoms with Crippen molar-refractivity contribution in [1.82, 2.24) is 0 Å². The summed E-state index contributed by atoms with van der Waals surface area (Å²) in [5, 5.41) is 15.6. The largest absolute Gasteiger partial charge is 0.490 e. The lowest BCUT2D eigenvalue weighted by Gasteiger charge is -2.20. The van der Waals surface area contributed by atoms with Crippen molar-refractivity contribution in [2.45, 2.75) is 37.9 Å². The van der Waals surface area contributed by atoms with Gasteiger partial charge in [-0.1, -0.05) is 6.42 Å². The molecule has 0 aromatic carbocycles. The Morgan fingerprint density at radius 2 is 1.94 bits per heavy atom. The molecule has 0 radical (unpaired) electrons. The van der Waals surface area contributed by atoms with E-state index in [9.17, 15) is 13.2 Å². The van der Waals surface area contributed by atoms with Crippen molar-refractivity contribution in [3.8, 4) is 6.07 Å². The molecule has 1 aliphatic rings. The molecule has 0 bridgehead atoms. The molecule has 3 N–H and O–H groups in total. The summed E-state index contributed by atoms with van der Waals surface area (Å²) in [6.07, 6.45) is -0.863. The monoisotopic (exact) mass is 238 g/mol. The van der Waals surface area contributed by atoms with Gasteiger partial charge in [0.15, 0.2) is 0 Å². The fourth-order valence-corrected chi connectivity index (χ4v) is 1.34. The standard InChI is InChI=1S/C7H12N2.C2HF3O2/c8-5-6-2-1-3-7(9)4-6;3-2(4,5)1(6)7/h6-7H,1-4,9H2;(H,6,7)/t6-,7-;/m0./s1. The van der Waals surface area contributed by atoms with Crippen LogP contribution in [0.3, 0.4) is 0 Å². The van der Waals surface area contributed by atoms with Gasteiger partial charge >= 0.3 is 12.1 Å². The molecule has 1 saturated carbocycles. The summed E-state index contributed by atoms with van der Waals surface area (Å²) in [6.45, 7) is 0. The zero-order chi connectivity index (χ0) is 12.8. The molecular weight excluding hydrogens is 225 g/mol. The highest BCUT2D eigenvalue weighted by atomic mass is 19.4. The van der Waals surface area contributed by atoms with Gasteiger partial charge in [-0.2, -0.15) is 18.4 Å². The van der Waals surface area contributed by atoms with Crippen LogP contribution in [0.2, 0.25) is 0 Å². The SMILES string of the molecule is N#C[C@H]1CCC[C@H](N)C1.O=C(O)C(F)(F)F. The molecule has 0 saturated heterocycles. The number of carboxylic acids is 1. The number of hydrogen-bond donors (Lipinski definition) is 2. The molecule has 2 atom stereocenters. The number of halogens is 3. The van der Waals surface area contributed by atoms with Crippen LogP contribution in [0.5, 0.6) is 0 Å². The van der Waals surface area contributed by atoms with E-state index in [1.807, 2.05) is 0 Å². The van der Waals surface area contributed by atoms with Crippen LogP contribution in [-0.4, -0.2) is 23.3 Å². The first-order valence-corrected chi connectivity index (χ1v) is 4.72. The summed E-state index contributed by atoms with van der Waals surface area (Å²) in [5.74, 6) is -2.51. The molecule has 0 unspecified atom stereocenters. The van der Waals surface area contributed by atoms with Crippen molar-refractivity contribution in [2.24, 2.45) is 11.7 Å². The van der Waals surface area contributed by atoms with Crippen LogP contribution in [0.1, 0.15) is 25.7 Å². The molecule has 1 rings (SSSR count). The number of nitrogens with two attached hydrogens (primary N) is 1. The Kier molecular flexibility index (Phi) is 5.82. The molecule has 0 amide bonds. The Morgan fingerprint density at radius 1 is 1.44 bits per heavy atom. The number of carbonyl (C=O) groups is 1. The van der Waals surface area contributed by atoms with Crippen LogP contribution in [-0.2, 0) is 4.79 Å². The normalized spacial score (nSPS) is 24.9. The van der Waals surface area contributed by atoms with Crippen LogP contribution in [0.4, 0.5) is 13.2 Å². The third-order valence-corrected chi connectivity index (χ3v) is 2.14. The Bertz CT molecular complexity index is 273. The smallest absolute Gasteiger partial charge is 0.475 e. The van der Waals surface area contributed by atoms with Crippen molar-refractivity contribution in [3.05, 3.63) is 0 Å². The summed E-state index contributed by atoms with van der Waals surface area (Å²) in [6, 6.07) is 2.55. The number of aliphatic carboxylic acids is 1. The van der Waals surface area contributed by atoms with Gasteiger partial charge in [-0.05, 0) is 19.3 Å². The number of nitriles is 1. The van der Waals surface area contributed by atoms with Crippen molar-refractivity contribution < 1.29 is 23.1 Å². The first-order valence-electron chi connectivity index (χ1n) is 4.72. The maximum Gasteiger partial charge on any atom is 0.490 e. The topological polar surface area (TPSA) is 87.1 Å². The fourth-order valence-electron chi connectivity index (χ4n) is 1.34. The number of rotatable bonds is 0. The third kappa shape index (κ3) is 6.24. The summed E-state index contributed by atoms with van der Waals surface area (Å²) >= 11 is 0. The fraction of sp³-hybridized carbons (Fsp3) is 0.778. The summed E-state index contributed by atoms with van der Waals surface area (Å²) in [5.41, 5.74) is 5.65. The molecule has 1 fully saturated rings. The predicted octanol–water partition coefficient (Wildman–Crippen LogP) is 1.66. The van der Waals surface area contributed by atoms with Gasteiger partial charge in [0.2, 0.25) is 0 Å². The van der Waals surface area contributed by atoms with E-state index in [2.05, 4.69) is 6.07 Å². The lowest BCUT2D eigenvalue weighted by atomic mass is 9.87. The Labute approximate surface area is 90.8 Å². The van der Waals surface area contributed by atoms with Crippen molar-refractivity contribution in [2.75, 3.05) is 0 Å². The predicted molar refractivity (Wildman–Crippen MR) is 49.2 cm³/mol. The molecule has 92 valence electrons. The molecule has 0 aromatic rings. The van der Waals surface area contributed by atoms with Crippen LogP contribution in [0, 0.1) is 17.2 Å². The van der Waals surface area contributed by atoms with E-state index in [4.69, 9.17) is 20.9 Å². The zero-order valence-corrected chi connectivity index (χ0v) is 8.50. The molecule has 0 aliphatic heterocycles. The van der Waals surface area contributed by atoms with Gasteiger partial charge in [0, 0.05) is 12.0 Å². The van der Waals surface area contributed by atoms with Gasteiger partial charge in [0.1, 0.15) is 0 Å². The molecule has 0 aromatic heterocycles. The average Bonchev–Trinajstić information content (AvgIpc) is 2.17. The minimum Gasteiger partial charge on any atom is -0.475 e. The van der Waals surface area contributed by atoms with E-state index in [1.165, 1.54) is 0 Å². The molecule has 0 heterocycles. The second kappa shape index (κ2) is 6.33. The van der Waals surface area contributed by atoms with Crippen LogP contribution < -0.4 is 5.73 Å². The maximum atomic E-state index is 10.6. The molecule has 16 heavy (non-hydrogen) atoms. The number of hydrogen-bond acceptors (Lipinski definition) is 3. The highest BCUT2D eigenvalue weighted by molar-refractivity contribution is 5.73. The van der Waals surface area contributed by atoms with Crippen molar-refractivity contribution in [1.29, 1.82) is 5.26 Å². The highest BCUT2D eigenvalue weighted by Gasteiger charge is 2.38. The summed E-state index contributed by atoms with van der Waals surface area (Å²) < 4.78 is 31.7. The molecule has 4 nitrogen and oxygen atoms in total. The van der Waals surface area contributed by atoms with E-state index in [-0.39, 0.29) is 5.92 Å². The van der Waals surface area contributed by atoms with Crippen molar-refractivity contribution in [3.63, 3.8) is 0 Å². The number of alkyl halides is 3. The zero-order valence-electron chi connectivity index (χ0n) is 8.50. The van der Waals surface area contributed by atoms with E-state index >= 15 is 0 Å². The van der Waals surface area contributed by atoms with Gasteiger partial charge in [-0.3, -0.25) is 0 Å². The van der Waals surface area contributed by atoms with Crippen LogP contribution in [0.15, 0.2) is 0 Å². The highest BCUT2D eigenvalue weighted by Crippen LogP contribution is 2.21. The number of nitrogens with zero attached hydrogens (tertiary/aromatic N) is 1. The van der Waals surface area contributed by atoms with Gasteiger partial charge in [0.05, 0.1) is 6.07 Å². The van der Waals surface area contributed by atoms with Crippen LogP contribution >= 0.6 is 0 Å². The minimum absolute atomic E-state index is 0.244. The molecule has 0 spiro atoms. The first kappa shape index (κ1) is 14.7. The lowest BCUT2D eigenvalue weighted by molar-refractivity contribution is -0.192. The Morgan fingerprint density at radius 3 is 2.19 bits per heavy atom. The van der Waals surface area contributed by atoms with Gasteiger partial charge in [-0.15, -0.1) is 0 Å². The van der Waals surface area contributed by atoms with Gasteiger partial charge in [-0.25, -0.2) is 4.79 Å². The van der Waals surface area contributed by atoms with E-state index < -0.39 is 12.1 Å². The maximum absolute atomic E-state index is 10.6. The molecule has 1 aliphatic carbocycles. The Hall–Kier alpha value is -1.29. The molecule has 7 heteroatoms. The average molecular weight is 238 g/mol. The van der Waals surface area contributed by atoms with Crippen molar-refractivity contribution >= 4 is 5.97 Å². The van der Waals surface area contributed by atoms with Gasteiger partial charge in [0.25, 0.3) is 0 Å². The van der Waals surface area contributed by atoms with E-state index in [0.717, 1.165) is 25.7 Å². The minimum atomic E-state index is -5.08. The van der Waals surface area contributed by atoms with Crippen LogP contribution in [0.25, 0.3) is 0 Å². The number of carboxylic acid groups (broad SMARTS) is 1. The van der Waals surface area contributed by atoms with Gasteiger partial charge < -0.3 is 10.8 Å². The van der Waals surface area contributed by atoms with E-state index in [0.29, 0.717) is 6.04 Å². The summed E-state index contributed by atoms with van der Waals surface area (Å²) in [4.78, 5) is 8.90. The first-order chi connectivity index (χ1) is 7.27. The quantitative estimate of drug-likeness (QED) is 0.671. The third-order valence-electron chi connectivity index (χ3n) is 2.14.